The Kier molecular flexibility index (Phi) is 5.31. The van der Waals surface area contributed by atoms with E-state index in [1.54, 1.807) is 23.0 Å². The van der Waals surface area contributed by atoms with Crippen LogP contribution in [0, 0.1) is 5.82 Å². The van der Waals surface area contributed by atoms with Gasteiger partial charge in [-0.05, 0) is 38.1 Å². The van der Waals surface area contributed by atoms with E-state index in [-0.39, 0.29) is 5.82 Å². The van der Waals surface area contributed by atoms with Crippen molar-refractivity contribution in [3.63, 3.8) is 0 Å². The van der Waals surface area contributed by atoms with Crippen molar-refractivity contribution in [3.8, 4) is 5.75 Å². The Morgan fingerprint density at radius 1 is 1.20 bits per heavy atom. The van der Waals surface area contributed by atoms with Gasteiger partial charge in [-0.3, -0.25) is 9.30 Å². The molecule has 1 fully saturated rings. The van der Waals surface area contributed by atoms with Crippen LogP contribution < -0.4 is 10.1 Å². The van der Waals surface area contributed by atoms with E-state index in [0.29, 0.717) is 24.7 Å². The zero-order valence-electron chi connectivity index (χ0n) is 16.9. The Labute approximate surface area is 174 Å². The van der Waals surface area contributed by atoms with E-state index in [4.69, 9.17) is 4.74 Å². The molecule has 0 spiro atoms. The quantitative estimate of drug-likeness (QED) is 0.675. The van der Waals surface area contributed by atoms with E-state index in [0.717, 1.165) is 48.6 Å². The first-order valence-corrected chi connectivity index (χ1v) is 10.5. The third-order valence-electron chi connectivity index (χ3n) is 5.83. The molecular weight excluding hydrogens is 383 g/mol. The van der Waals surface area contributed by atoms with Crippen molar-refractivity contribution in [2.75, 3.05) is 31.6 Å². The highest BCUT2D eigenvalue weighted by Gasteiger charge is 2.19. The van der Waals surface area contributed by atoms with Crippen LogP contribution >= 0.6 is 0 Å². The van der Waals surface area contributed by atoms with Crippen LogP contribution in [0.2, 0.25) is 0 Å². The summed E-state index contributed by atoms with van der Waals surface area (Å²) >= 11 is 0. The van der Waals surface area contributed by atoms with Crippen LogP contribution in [0.4, 0.5) is 10.3 Å². The largest absolute Gasteiger partial charge is 0.493 e. The SMILES string of the molecule is Fc1ccc2c(c1CNc1ncc(/C=C/CN3CCCCC3)c3nncn13)CCO2. The standard InChI is InChI=1S/C22H25FN6O/c23-19-6-7-20-17(8-12-30-20)18(19)14-25-22-24-13-16(21-27-26-15-29(21)22)5-4-11-28-9-2-1-3-10-28/h4-7,13,15H,1-3,8-12,14H2,(H,24,25)/b5-4+. The number of aromatic nitrogens is 4. The van der Waals surface area contributed by atoms with Crippen molar-refractivity contribution >= 4 is 17.7 Å². The topological polar surface area (TPSA) is 67.6 Å². The van der Waals surface area contributed by atoms with Crippen molar-refractivity contribution in [1.29, 1.82) is 0 Å². The van der Waals surface area contributed by atoms with Gasteiger partial charge in [-0.25, -0.2) is 9.37 Å². The third-order valence-corrected chi connectivity index (χ3v) is 5.83. The number of nitrogens with zero attached hydrogens (tertiary/aromatic N) is 5. The first-order chi connectivity index (χ1) is 14.8. The lowest BCUT2D eigenvalue weighted by Crippen LogP contribution is -2.29. The molecule has 30 heavy (non-hydrogen) atoms. The molecule has 2 aromatic heterocycles. The van der Waals surface area contributed by atoms with Crippen LogP contribution in [-0.4, -0.2) is 50.7 Å². The molecule has 8 heteroatoms. The van der Waals surface area contributed by atoms with Crippen molar-refractivity contribution in [2.45, 2.75) is 32.2 Å². The minimum Gasteiger partial charge on any atom is -0.493 e. The number of hydrogen-bond donors (Lipinski definition) is 1. The van der Waals surface area contributed by atoms with Gasteiger partial charge in [-0.2, -0.15) is 0 Å². The van der Waals surface area contributed by atoms with Crippen LogP contribution in [-0.2, 0) is 13.0 Å². The van der Waals surface area contributed by atoms with Crippen LogP contribution in [0.3, 0.4) is 0 Å². The summed E-state index contributed by atoms with van der Waals surface area (Å²) in [6.07, 6.45) is 12.2. The fourth-order valence-electron chi connectivity index (χ4n) is 4.23. The predicted molar refractivity (Wildman–Crippen MR) is 113 cm³/mol. The Morgan fingerprint density at radius 2 is 2.10 bits per heavy atom. The fourth-order valence-corrected chi connectivity index (χ4v) is 4.23. The third kappa shape index (κ3) is 3.75. The second-order valence-electron chi connectivity index (χ2n) is 7.78. The molecule has 0 aliphatic carbocycles. The number of fused-ring (bicyclic) bond motifs is 2. The maximum absolute atomic E-state index is 14.4. The predicted octanol–water partition coefficient (Wildman–Crippen LogP) is 3.31. The van der Waals surface area contributed by atoms with Crippen LogP contribution in [0.15, 0.2) is 30.7 Å². The number of benzene rings is 1. The number of nitrogens with one attached hydrogen (secondary N) is 1. The van der Waals surface area contributed by atoms with Crippen LogP contribution in [0.5, 0.6) is 5.75 Å². The van der Waals surface area contributed by atoms with Gasteiger partial charge in [0.1, 0.15) is 17.9 Å². The van der Waals surface area contributed by atoms with E-state index in [2.05, 4.69) is 37.6 Å². The van der Waals surface area contributed by atoms with Crippen molar-refractivity contribution in [1.82, 2.24) is 24.5 Å². The van der Waals surface area contributed by atoms with E-state index < -0.39 is 0 Å². The molecule has 1 aromatic carbocycles. The molecule has 1 N–H and O–H groups in total. The summed E-state index contributed by atoms with van der Waals surface area (Å²) in [6.45, 7) is 4.18. The minimum absolute atomic E-state index is 0.232. The summed E-state index contributed by atoms with van der Waals surface area (Å²) in [5.41, 5.74) is 3.19. The first kappa shape index (κ1) is 19.0. The second kappa shape index (κ2) is 8.39. The highest BCUT2D eigenvalue weighted by Crippen LogP contribution is 2.30. The maximum atomic E-state index is 14.4. The number of anilines is 1. The molecule has 5 rings (SSSR count). The second-order valence-corrected chi connectivity index (χ2v) is 7.78. The summed E-state index contributed by atoms with van der Waals surface area (Å²) in [7, 11) is 0. The molecule has 0 bridgehead atoms. The lowest BCUT2D eigenvalue weighted by atomic mass is 10.0. The molecule has 156 valence electrons. The lowest BCUT2D eigenvalue weighted by molar-refractivity contribution is 0.252. The molecule has 0 amide bonds. The van der Waals surface area contributed by atoms with E-state index >= 15 is 0 Å². The minimum atomic E-state index is -0.232. The average Bonchev–Trinajstić information content (AvgIpc) is 3.45. The number of rotatable bonds is 6. The van der Waals surface area contributed by atoms with Gasteiger partial charge in [-0.15, -0.1) is 10.2 Å². The van der Waals surface area contributed by atoms with Crippen LogP contribution in [0.25, 0.3) is 11.7 Å². The molecule has 2 aliphatic heterocycles. The molecule has 0 radical (unpaired) electrons. The van der Waals surface area contributed by atoms with Gasteiger partial charge in [0.15, 0.2) is 5.65 Å². The van der Waals surface area contributed by atoms with E-state index in [1.165, 1.54) is 25.3 Å². The molecule has 7 nitrogen and oxygen atoms in total. The van der Waals surface area contributed by atoms with Gasteiger partial charge in [0.05, 0.1) is 6.61 Å². The van der Waals surface area contributed by atoms with Gasteiger partial charge in [0.25, 0.3) is 0 Å². The average molecular weight is 408 g/mol. The van der Waals surface area contributed by atoms with Crippen LogP contribution in [0.1, 0.15) is 36.0 Å². The van der Waals surface area contributed by atoms with Gasteiger partial charge in [0, 0.05) is 42.4 Å². The highest BCUT2D eigenvalue weighted by atomic mass is 19.1. The van der Waals surface area contributed by atoms with Crippen molar-refractivity contribution < 1.29 is 9.13 Å². The normalized spacial score (nSPS) is 16.8. The van der Waals surface area contributed by atoms with Gasteiger partial charge in [0.2, 0.25) is 5.95 Å². The zero-order chi connectivity index (χ0) is 20.3. The number of piperidine rings is 1. The number of ether oxygens (including phenoxy) is 1. The summed E-state index contributed by atoms with van der Waals surface area (Å²) < 4.78 is 21.8. The Hall–Kier alpha value is -3.00. The van der Waals surface area contributed by atoms with Gasteiger partial charge in [-0.1, -0.05) is 18.6 Å². The van der Waals surface area contributed by atoms with E-state index in [1.807, 2.05) is 0 Å². The number of likely N-dealkylation sites (tertiary alicyclic amines) is 1. The summed E-state index contributed by atoms with van der Waals surface area (Å²) in [5, 5.41) is 11.5. The molecule has 1 saturated heterocycles. The van der Waals surface area contributed by atoms with Crippen molar-refractivity contribution in [2.24, 2.45) is 0 Å². The van der Waals surface area contributed by atoms with Gasteiger partial charge < -0.3 is 10.1 Å². The zero-order valence-corrected chi connectivity index (χ0v) is 16.9. The molecule has 4 heterocycles. The summed E-state index contributed by atoms with van der Waals surface area (Å²) in [6, 6.07) is 3.15. The Morgan fingerprint density at radius 3 is 3.00 bits per heavy atom. The van der Waals surface area contributed by atoms with Gasteiger partial charge >= 0.3 is 0 Å². The monoisotopic (exact) mass is 408 g/mol. The summed E-state index contributed by atoms with van der Waals surface area (Å²) in [5.74, 6) is 1.12. The molecule has 0 unspecified atom stereocenters. The summed E-state index contributed by atoms with van der Waals surface area (Å²) in [4.78, 5) is 7.00. The van der Waals surface area contributed by atoms with E-state index in [9.17, 15) is 4.39 Å². The molecular formula is C22H25FN6O. The Bertz CT molecular complexity index is 1070. The smallest absolute Gasteiger partial charge is 0.210 e. The molecule has 2 aliphatic rings. The highest BCUT2D eigenvalue weighted by molar-refractivity contribution is 5.66. The molecule has 3 aromatic rings. The fraction of sp³-hybridized carbons (Fsp3) is 0.409. The van der Waals surface area contributed by atoms with Crippen molar-refractivity contribution in [3.05, 3.63) is 53.2 Å². The number of hydrogen-bond acceptors (Lipinski definition) is 6. The first-order valence-electron chi connectivity index (χ1n) is 10.5. The molecule has 0 saturated carbocycles. The maximum Gasteiger partial charge on any atom is 0.210 e. The Balaban J connectivity index is 1.33. The molecule has 0 atom stereocenters. The lowest BCUT2D eigenvalue weighted by Gasteiger charge is -2.24. The number of halogens is 1.